The molecule has 2 aliphatic rings. The van der Waals surface area contributed by atoms with Crippen molar-refractivity contribution in [1.82, 2.24) is 29.7 Å². The zero-order valence-corrected chi connectivity index (χ0v) is 20.3. The molecule has 2 aliphatic heterocycles. The fraction of sp³-hybridized carbons (Fsp3) is 0.320. The van der Waals surface area contributed by atoms with Crippen LogP contribution in [0.4, 0.5) is 0 Å². The van der Waals surface area contributed by atoms with E-state index in [0.29, 0.717) is 0 Å². The number of hydrogen-bond acceptors (Lipinski definition) is 6. The lowest BCUT2D eigenvalue weighted by Crippen LogP contribution is -2.42. The summed E-state index contributed by atoms with van der Waals surface area (Å²) in [5.74, 6) is 0. The minimum absolute atomic E-state index is 0.00505. The summed E-state index contributed by atoms with van der Waals surface area (Å²) >= 11 is 7.57. The Balaban J connectivity index is 1.37. The molecule has 3 aromatic heterocycles. The monoisotopic (exact) mass is 490 g/mol. The lowest BCUT2D eigenvalue weighted by molar-refractivity contribution is 0.0349. The van der Waals surface area contributed by atoms with Crippen molar-refractivity contribution >= 4 is 38.9 Å². The topological polar surface area (TPSA) is 58.5 Å². The van der Waals surface area contributed by atoms with Gasteiger partial charge in [-0.1, -0.05) is 29.5 Å². The number of nitrogens with zero attached hydrogens (tertiary/aromatic N) is 5. The lowest BCUT2D eigenvalue weighted by Gasteiger charge is -2.32. The first-order valence-electron chi connectivity index (χ1n) is 11.6. The van der Waals surface area contributed by atoms with Gasteiger partial charge in [0.2, 0.25) is 0 Å². The molecular weight excluding hydrogens is 464 g/mol. The highest BCUT2D eigenvalue weighted by molar-refractivity contribution is 7.80. The first-order valence-corrected chi connectivity index (χ1v) is 12.8. The third kappa shape index (κ3) is 4.09. The fourth-order valence-corrected chi connectivity index (χ4v) is 6.12. The number of rotatable bonds is 6. The minimum atomic E-state index is -0.0404. The summed E-state index contributed by atoms with van der Waals surface area (Å²) in [5.41, 5.74) is 3.16. The zero-order valence-electron chi connectivity index (χ0n) is 18.7. The van der Waals surface area contributed by atoms with Crippen LogP contribution in [0.2, 0.25) is 0 Å². The predicted molar refractivity (Wildman–Crippen MR) is 138 cm³/mol. The van der Waals surface area contributed by atoms with Crippen LogP contribution in [0.25, 0.3) is 15.3 Å². The van der Waals surface area contributed by atoms with Gasteiger partial charge < -0.3 is 15.0 Å². The number of nitrogens with one attached hydrogen (secondary N) is 1. The number of benzene rings is 1. The standard InChI is InChI=1S/C25H26N6OS2/c33-24-28-22(19-7-3-4-10-26-19)23(31(24)13-12-29-14-16-32-17-15-29)20-8-5-11-30(20)25-27-18-6-1-2-9-21(18)34-25/h1-11,22-23H,12-17H2,(H,28,33). The van der Waals surface area contributed by atoms with E-state index in [-0.39, 0.29) is 12.1 Å². The van der Waals surface area contributed by atoms with Crippen LogP contribution in [0, 0.1) is 0 Å². The summed E-state index contributed by atoms with van der Waals surface area (Å²) in [6.07, 6.45) is 3.95. The quantitative estimate of drug-likeness (QED) is 0.413. The number of thiazole rings is 1. The molecule has 174 valence electrons. The summed E-state index contributed by atoms with van der Waals surface area (Å²) in [6, 6.07) is 18.6. The van der Waals surface area contributed by atoms with E-state index in [4.69, 9.17) is 21.9 Å². The molecule has 1 aromatic carbocycles. The van der Waals surface area contributed by atoms with Crippen LogP contribution < -0.4 is 5.32 Å². The van der Waals surface area contributed by atoms with Gasteiger partial charge in [0.15, 0.2) is 10.2 Å². The molecule has 4 aromatic rings. The molecule has 6 rings (SSSR count). The van der Waals surface area contributed by atoms with Crippen LogP contribution in [-0.4, -0.2) is 68.8 Å². The Hall–Kier alpha value is -2.85. The first-order chi connectivity index (χ1) is 16.8. The van der Waals surface area contributed by atoms with E-state index < -0.39 is 0 Å². The van der Waals surface area contributed by atoms with E-state index in [1.807, 2.05) is 24.4 Å². The van der Waals surface area contributed by atoms with E-state index in [1.54, 1.807) is 11.3 Å². The highest BCUT2D eigenvalue weighted by Crippen LogP contribution is 2.40. The molecule has 2 atom stereocenters. The summed E-state index contributed by atoms with van der Waals surface area (Å²) in [5, 5.41) is 5.31. The molecule has 0 spiro atoms. The molecular formula is C25H26N6OS2. The molecule has 2 fully saturated rings. The number of hydrogen-bond donors (Lipinski definition) is 1. The predicted octanol–water partition coefficient (Wildman–Crippen LogP) is 3.79. The molecule has 0 radical (unpaired) electrons. The van der Waals surface area contributed by atoms with Crippen LogP contribution in [0.3, 0.4) is 0 Å². The number of ether oxygens (including phenoxy) is 1. The van der Waals surface area contributed by atoms with E-state index in [0.717, 1.165) is 66.5 Å². The average Bonchev–Trinajstić information content (AvgIpc) is 3.60. The molecule has 0 amide bonds. The van der Waals surface area contributed by atoms with Crippen LogP contribution >= 0.6 is 23.6 Å². The van der Waals surface area contributed by atoms with Gasteiger partial charge >= 0.3 is 0 Å². The molecule has 7 nitrogen and oxygen atoms in total. The van der Waals surface area contributed by atoms with Crippen molar-refractivity contribution in [1.29, 1.82) is 0 Å². The maximum atomic E-state index is 5.87. The van der Waals surface area contributed by atoms with E-state index in [1.165, 1.54) is 4.70 Å². The van der Waals surface area contributed by atoms with Gasteiger partial charge in [0, 0.05) is 38.6 Å². The number of pyridine rings is 1. The summed E-state index contributed by atoms with van der Waals surface area (Å²) in [6.45, 7) is 5.30. The maximum absolute atomic E-state index is 5.87. The van der Waals surface area contributed by atoms with Crippen LogP contribution in [-0.2, 0) is 4.74 Å². The van der Waals surface area contributed by atoms with Crippen molar-refractivity contribution in [3.8, 4) is 5.13 Å². The third-order valence-corrected chi connectivity index (χ3v) is 7.92. The number of para-hydroxylation sites is 1. The van der Waals surface area contributed by atoms with Crippen molar-refractivity contribution in [2.45, 2.75) is 12.1 Å². The number of aromatic nitrogens is 3. The Bertz CT molecular complexity index is 1250. The number of morpholine rings is 1. The maximum Gasteiger partial charge on any atom is 0.194 e. The lowest BCUT2D eigenvalue weighted by atomic mass is 10.0. The molecule has 1 N–H and O–H groups in total. The smallest absolute Gasteiger partial charge is 0.194 e. The Morgan fingerprint density at radius 3 is 2.71 bits per heavy atom. The molecule has 2 unspecified atom stereocenters. The Labute approximate surface area is 208 Å². The van der Waals surface area contributed by atoms with Crippen molar-refractivity contribution < 1.29 is 4.74 Å². The van der Waals surface area contributed by atoms with Gasteiger partial charge in [-0.15, -0.1) is 0 Å². The second kappa shape index (κ2) is 9.42. The highest BCUT2D eigenvalue weighted by Gasteiger charge is 2.41. The van der Waals surface area contributed by atoms with E-state index in [2.05, 4.69) is 67.3 Å². The van der Waals surface area contributed by atoms with E-state index in [9.17, 15) is 0 Å². The SMILES string of the molecule is S=C1NC(c2ccccn2)C(c2cccn2-c2nc3ccccc3s2)N1CCN1CCOCC1. The largest absolute Gasteiger partial charge is 0.379 e. The number of thiocarbonyl (C=S) groups is 1. The Morgan fingerprint density at radius 1 is 1.03 bits per heavy atom. The second-order valence-electron chi connectivity index (χ2n) is 8.54. The van der Waals surface area contributed by atoms with E-state index >= 15 is 0 Å². The van der Waals surface area contributed by atoms with Crippen LogP contribution in [0.5, 0.6) is 0 Å². The van der Waals surface area contributed by atoms with Gasteiger partial charge in [0.05, 0.1) is 46.9 Å². The molecule has 0 saturated carbocycles. The second-order valence-corrected chi connectivity index (χ2v) is 9.94. The summed E-state index contributed by atoms with van der Waals surface area (Å²) < 4.78 is 8.92. The van der Waals surface area contributed by atoms with Gasteiger partial charge in [0.25, 0.3) is 0 Å². The molecule has 2 saturated heterocycles. The first kappa shape index (κ1) is 21.7. The van der Waals surface area contributed by atoms with Gasteiger partial charge in [-0.3, -0.25) is 14.5 Å². The molecule has 0 aliphatic carbocycles. The van der Waals surface area contributed by atoms with Crippen LogP contribution in [0.1, 0.15) is 23.5 Å². The molecule has 5 heterocycles. The van der Waals surface area contributed by atoms with Crippen molar-refractivity contribution in [3.05, 3.63) is 78.4 Å². The molecule has 9 heteroatoms. The van der Waals surface area contributed by atoms with Crippen molar-refractivity contribution in [2.75, 3.05) is 39.4 Å². The average molecular weight is 491 g/mol. The minimum Gasteiger partial charge on any atom is -0.379 e. The highest BCUT2D eigenvalue weighted by atomic mass is 32.1. The number of fused-ring (bicyclic) bond motifs is 1. The van der Waals surface area contributed by atoms with Crippen molar-refractivity contribution in [3.63, 3.8) is 0 Å². The summed E-state index contributed by atoms with van der Waals surface area (Å²) in [7, 11) is 0. The van der Waals surface area contributed by atoms with Gasteiger partial charge in [-0.25, -0.2) is 4.98 Å². The fourth-order valence-electron chi connectivity index (χ4n) is 4.81. The van der Waals surface area contributed by atoms with Crippen LogP contribution in [0.15, 0.2) is 67.0 Å². The molecule has 0 bridgehead atoms. The Kier molecular flexibility index (Phi) is 6.00. The normalized spacial score (nSPS) is 21.3. The third-order valence-electron chi connectivity index (χ3n) is 6.53. The zero-order chi connectivity index (χ0) is 22.9. The van der Waals surface area contributed by atoms with Crippen molar-refractivity contribution in [2.24, 2.45) is 0 Å². The van der Waals surface area contributed by atoms with Gasteiger partial charge in [-0.05, 0) is 48.6 Å². The van der Waals surface area contributed by atoms with Gasteiger partial charge in [0.1, 0.15) is 0 Å². The summed E-state index contributed by atoms with van der Waals surface area (Å²) in [4.78, 5) is 14.4. The van der Waals surface area contributed by atoms with Gasteiger partial charge in [-0.2, -0.15) is 0 Å². The molecule has 34 heavy (non-hydrogen) atoms. The Morgan fingerprint density at radius 2 is 1.88 bits per heavy atom.